The van der Waals surface area contributed by atoms with Gasteiger partial charge in [-0.3, -0.25) is 6.26 Å². The number of hydrogen-bond donors (Lipinski definition) is 2. The van der Waals surface area contributed by atoms with Crippen molar-refractivity contribution < 1.29 is 32.7 Å². The largest absolute Gasteiger partial charge is 0.319 e. The van der Waals surface area contributed by atoms with E-state index in [2.05, 4.69) is 86.7 Å². The second-order valence-corrected chi connectivity index (χ2v) is 11.2. The van der Waals surface area contributed by atoms with Gasteiger partial charge in [0.05, 0.1) is 5.52 Å². The SMILES string of the molecule is [CH2-]Sc1ccc2c(c1)c(SCCCC)c(CC(C)(C)S)n2-c1ccc(S)cc1.[Y]. The third-order valence-electron chi connectivity index (χ3n) is 4.60. The zero-order chi connectivity index (χ0) is 20.3. The molecule has 3 aromatic rings. The number of thioether (sulfide) groups is 2. The van der Waals surface area contributed by atoms with Crippen LogP contribution in [0.4, 0.5) is 0 Å². The number of thiol groups is 2. The molecule has 0 bridgehead atoms. The van der Waals surface area contributed by atoms with Crippen LogP contribution in [0.3, 0.4) is 0 Å². The zero-order valence-electron chi connectivity index (χ0n) is 17.3. The Morgan fingerprint density at radius 2 is 1.79 bits per heavy atom. The van der Waals surface area contributed by atoms with Gasteiger partial charge in [0, 0.05) is 70.4 Å². The Labute approximate surface area is 220 Å². The Hall–Kier alpha value is 0.484. The smallest absolute Gasteiger partial charge is 0.0543 e. The number of rotatable bonds is 8. The predicted molar refractivity (Wildman–Crippen MR) is 134 cm³/mol. The van der Waals surface area contributed by atoms with Crippen molar-refractivity contribution >= 4 is 59.7 Å². The maximum atomic E-state index is 4.87. The molecule has 2 aromatic carbocycles. The average molecular weight is 536 g/mol. The van der Waals surface area contributed by atoms with Crippen LogP contribution in [0.2, 0.25) is 0 Å². The number of hydrogen-bond acceptors (Lipinski definition) is 4. The summed E-state index contributed by atoms with van der Waals surface area (Å²) in [5.41, 5.74) is 3.76. The summed E-state index contributed by atoms with van der Waals surface area (Å²) >= 11 is 12.9. The standard InChI is InChI=1S/C23H28NS4.Y/c1-5-6-13-28-22-19-14-18(27-4)11-12-20(19)24(21(22)15-23(2,3)26)16-7-9-17(25)10-8-16;/h7-12,14,25-26H,4-6,13,15H2,1-3H3;/q-1;. The number of nitrogens with zero attached hydrogens (tertiary/aromatic N) is 1. The van der Waals surface area contributed by atoms with Crippen molar-refractivity contribution in [1.29, 1.82) is 0 Å². The van der Waals surface area contributed by atoms with E-state index in [4.69, 9.17) is 12.6 Å². The number of aromatic nitrogens is 1. The van der Waals surface area contributed by atoms with Gasteiger partial charge in [0.2, 0.25) is 0 Å². The van der Waals surface area contributed by atoms with E-state index < -0.39 is 0 Å². The molecule has 0 saturated carbocycles. The van der Waals surface area contributed by atoms with Crippen molar-refractivity contribution in [2.45, 2.75) is 59.5 Å². The van der Waals surface area contributed by atoms with Gasteiger partial charge in [-0.15, -0.1) is 24.4 Å². The second kappa shape index (κ2) is 11.4. The van der Waals surface area contributed by atoms with Crippen molar-refractivity contribution in [2.75, 3.05) is 5.75 Å². The number of benzene rings is 2. The monoisotopic (exact) mass is 535 g/mol. The summed E-state index contributed by atoms with van der Waals surface area (Å²) in [6, 6.07) is 15.1. The summed E-state index contributed by atoms with van der Waals surface area (Å²) in [5, 5.41) is 1.32. The summed E-state index contributed by atoms with van der Waals surface area (Å²) in [7, 11) is 0. The zero-order valence-corrected chi connectivity index (χ0v) is 23.6. The normalized spacial score (nSPS) is 11.7. The van der Waals surface area contributed by atoms with Gasteiger partial charge < -0.3 is 16.3 Å². The van der Waals surface area contributed by atoms with Crippen LogP contribution in [-0.2, 0) is 39.1 Å². The number of fused-ring (bicyclic) bond motifs is 1. The fraction of sp³-hybridized carbons (Fsp3) is 0.348. The van der Waals surface area contributed by atoms with Gasteiger partial charge in [-0.1, -0.05) is 27.2 Å². The van der Waals surface area contributed by atoms with Crippen LogP contribution in [0.5, 0.6) is 0 Å². The quantitative estimate of drug-likeness (QED) is 0.131. The third kappa shape index (κ3) is 6.49. The first-order valence-corrected chi connectivity index (χ1v) is 12.4. The Bertz CT molecular complexity index is 942. The van der Waals surface area contributed by atoms with E-state index in [1.807, 2.05) is 11.8 Å². The minimum absolute atomic E-state index is 0. The molecule has 153 valence electrons. The maximum Gasteiger partial charge on any atom is 0.0543 e. The summed E-state index contributed by atoms with van der Waals surface area (Å²) in [5.74, 6) is 1.13. The Balaban J connectivity index is 0.00000300. The van der Waals surface area contributed by atoms with Gasteiger partial charge in [-0.05, 0) is 59.5 Å². The van der Waals surface area contributed by atoms with Crippen molar-refractivity contribution in [3.05, 3.63) is 54.4 Å². The van der Waals surface area contributed by atoms with Crippen LogP contribution in [-0.4, -0.2) is 15.1 Å². The molecule has 0 unspecified atom stereocenters. The van der Waals surface area contributed by atoms with Crippen LogP contribution in [0, 0.1) is 6.26 Å². The van der Waals surface area contributed by atoms with Crippen molar-refractivity contribution in [1.82, 2.24) is 4.57 Å². The molecule has 0 atom stereocenters. The molecule has 0 aliphatic heterocycles. The predicted octanol–water partition coefficient (Wildman–Crippen LogP) is 7.94. The van der Waals surface area contributed by atoms with Gasteiger partial charge in [-0.2, -0.15) is 12.6 Å². The number of unbranched alkanes of at least 4 members (excludes halogenated alkanes) is 1. The van der Waals surface area contributed by atoms with E-state index in [0.29, 0.717) is 0 Å². The molecule has 29 heavy (non-hydrogen) atoms. The van der Waals surface area contributed by atoms with E-state index in [1.165, 1.54) is 44.9 Å². The molecule has 0 aliphatic rings. The van der Waals surface area contributed by atoms with Gasteiger partial charge in [-0.25, -0.2) is 0 Å². The molecule has 0 aliphatic carbocycles. The minimum Gasteiger partial charge on any atom is -0.319 e. The fourth-order valence-corrected chi connectivity index (χ4v) is 5.28. The van der Waals surface area contributed by atoms with Crippen LogP contribution < -0.4 is 0 Å². The Morgan fingerprint density at radius 3 is 2.38 bits per heavy atom. The fourth-order valence-electron chi connectivity index (χ4n) is 3.33. The van der Waals surface area contributed by atoms with Crippen molar-refractivity contribution in [3.8, 4) is 5.69 Å². The summed E-state index contributed by atoms with van der Waals surface area (Å²) < 4.78 is 2.31. The van der Waals surface area contributed by atoms with E-state index >= 15 is 0 Å². The maximum absolute atomic E-state index is 4.87. The molecule has 1 heterocycles. The van der Waals surface area contributed by atoms with Crippen molar-refractivity contribution in [3.63, 3.8) is 0 Å². The van der Waals surface area contributed by atoms with Gasteiger partial charge in [0.1, 0.15) is 0 Å². The summed E-state index contributed by atoms with van der Waals surface area (Å²) in [6.45, 7) is 6.62. The molecule has 1 nitrogen and oxygen atoms in total. The Morgan fingerprint density at radius 1 is 1.10 bits per heavy atom. The molecule has 1 radical (unpaired) electrons. The second-order valence-electron chi connectivity index (χ2n) is 7.64. The molecule has 0 N–H and O–H groups in total. The van der Waals surface area contributed by atoms with Crippen LogP contribution >= 0.6 is 48.8 Å². The molecule has 0 spiro atoms. The molecule has 0 saturated heterocycles. The first-order chi connectivity index (χ1) is 13.3. The first kappa shape index (κ1) is 25.7. The Kier molecular flexibility index (Phi) is 10.1. The molecule has 0 amide bonds. The minimum atomic E-state index is -0.0976. The molecule has 1 aromatic heterocycles. The summed E-state index contributed by atoms with van der Waals surface area (Å²) in [4.78, 5) is 3.56. The molecule has 6 heteroatoms. The molecular formula is C23H28NS4Y-. The van der Waals surface area contributed by atoms with Gasteiger partial charge in [0.15, 0.2) is 0 Å². The molecular weight excluding hydrogens is 507 g/mol. The van der Waals surface area contributed by atoms with E-state index in [-0.39, 0.29) is 37.5 Å². The van der Waals surface area contributed by atoms with E-state index in [9.17, 15) is 0 Å². The molecule has 3 rings (SSSR count). The van der Waals surface area contributed by atoms with Crippen LogP contribution in [0.25, 0.3) is 16.6 Å². The topological polar surface area (TPSA) is 4.93 Å². The summed E-state index contributed by atoms with van der Waals surface area (Å²) in [6.07, 6.45) is 7.34. The molecule has 0 fully saturated rings. The van der Waals surface area contributed by atoms with Crippen molar-refractivity contribution in [2.24, 2.45) is 0 Å². The van der Waals surface area contributed by atoms with Crippen LogP contribution in [0.15, 0.2) is 57.2 Å². The van der Waals surface area contributed by atoms with Crippen LogP contribution in [0.1, 0.15) is 39.3 Å². The third-order valence-corrected chi connectivity index (χ3v) is 6.89. The average Bonchev–Trinajstić information content (AvgIpc) is 2.93. The first-order valence-electron chi connectivity index (χ1n) is 9.58. The van der Waals surface area contributed by atoms with E-state index in [0.717, 1.165) is 17.1 Å². The van der Waals surface area contributed by atoms with Gasteiger partial charge >= 0.3 is 0 Å². The van der Waals surface area contributed by atoms with E-state index in [1.54, 1.807) is 11.8 Å². The van der Waals surface area contributed by atoms with Gasteiger partial charge in [0.25, 0.3) is 0 Å².